The average molecular weight is 372 g/mol. The summed E-state index contributed by atoms with van der Waals surface area (Å²) >= 11 is 1.23. The molecule has 0 unspecified atom stereocenters. The summed E-state index contributed by atoms with van der Waals surface area (Å²) in [5.74, 6) is -0.171. The van der Waals surface area contributed by atoms with Gasteiger partial charge in [0, 0.05) is 0 Å². The highest BCUT2D eigenvalue weighted by molar-refractivity contribution is 7.14. The van der Waals surface area contributed by atoms with E-state index in [1.165, 1.54) is 11.3 Å². The maximum atomic E-state index is 11.8. The Bertz CT molecular complexity index is 836. The normalized spacial score (nSPS) is 10.3. The highest BCUT2D eigenvalue weighted by Crippen LogP contribution is 2.24. The molecular weight excluding hydrogens is 352 g/mol. The van der Waals surface area contributed by atoms with Gasteiger partial charge in [0.05, 0.1) is 5.56 Å². The molecule has 2 rings (SSSR count). The lowest BCUT2D eigenvalue weighted by Gasteiger charge is -2.12. The van der Waals surface area contributed by atoms with Crippen LogP contribution in [0.1, 0.15) is 36.5 Å². The van der Waals surface area contributed by atoms with E-state index in [9.17, 15) is 9.59 Å². The van der Waals surface area contributed by atoms with E-state index < -0.39 is 18.5 Å². The zero-order chi connectivity index (χ0) is 19.1. The topological polar surface area (TPSA) is 88.4 Å². The first-order valence-corrected chi connectivity index (χ1v) is 8.95. The predicted molar refractivity (Wildman–Crippen MR) is 99.4 cm³/mol. The maximum Gasteiger partial charge on any atom is 0.344 e. The molecule has 0 saturated carbocycles. The molecule has 6 nitrogen and oxygen atoms in total. The van der Waals surface area contributed by atoms with Crippen LogP contribution in [-0.4, -0.2) is 25.1 Å². The first kappa shape index (κ1) is 19.5. The van der Waals surface area contributed by atoms with Crippen molar-refractivity contribution in [2.45, 2.75) is 26.7 Å². The number of nitrogens with one attached hydrogen (secondary N) is 1. The van der Waals surface area contributed by atoms with Gasteiger partial charge in [-0.05, 0) is 41.5 Å². The van der Waals surface area contributed by atoms with E-state index in [-0.39, 0.29) is 6.61 Å². The fourth-order valence-corrected chi connectivity index (χ4v) is 2.87. The second kappa shape index (κ2) is 9.02. The summed E-state index contributed by atoms with van der Waals surface area (Å²) in [6.07, 6.45) is 0. The summed E-state index contributed by atoms with van der Waals surface area (Å²) in [5.41, 5.74) is 2.41. The fraction of sp³-hybridized carbons (Fsp3) is 0.316. The molecule has 1 heterocycles. The van der Waals surface area contributed by atoms with Crippen molar-refractivity contribution in [3.05, 3.63) is 46.3 Å². The molecule has 0 bridgehead atoms. The third-order valence-electron chi connectivity index (χ3n) is 3.63. The van der Waals surface area contributed by atoms with Gasteiger partial charge in [0.2, 0.25) is 0 Å². The average Bonchev–Trinajstić information content (AvgIpc) is 3.06. The van der Waals surface area contributed by atoms with Gasteiger partial charge in [-0.2, -0.15) is 5.26 Å². The van der Waals surface area contributed by atoms with Gasteiger partial charge in [0.25, 0.3) is 5.91 Å². The van der Waals surface area contributed by atoms with Gasteiger partial charge in [-0.1, -0.05) is 26.0 Å². The van der Waals surface area contributed by atoms with Crippen LogP contribution in [0.5, 0.6) is 5.75 Å². The van der Waals surface area contributed by atoms with Crippen LogP contribution in [-0.2, 0) is 14.3 Å². The number of esters is 1. The van der Waals surface area contributed by atoms with Crippen LogP contribution in [0.2, 0.25) is 0 Å². The molecule has 1 N–H and O–H groups in total. The lowest BCUT2D eigenvalue weighted by molar-refractivity contribution is -0.149. The van der Waals surface area contributed by atoms with Crippen molar-refractivity contribution < 1.29 is 19.1 Å². The van der Waals surface area contributed by atoms with Crippen LogP contribution < -0.4 is 10.1 Å². The van der Waals surface area contributed by atoms with E-state index in [0.717, 1.165) is 11.1 Å². The number of carbonyl (C=O) groups is 2. The lowest BCUT2D eigenvalue weighted by Crippen LogP contribution is -2.23. The van der Waals surface area contributed by atoms with Crippen molar-refractivity contribution in [2.75, 3.05) is 18.5 Å². The second-order valence-electron chi connectivity index (χ2n) is 5.95. The minimum atomic E-state index is -0.638. The quantitative estimate of drug-likeness (QED) is 0.750. The number of carbonyl (C=O) groups excluding carboxylic acids is 2. The summed E-state index contributed by atoms with van der Waals surface area (Å²) in [4.78, 5) is 23.6. The zero-order valence-electron chi connectivity index (χ0n) is 14.9. The van der Waals surface area contributed by atoms with Gasteiger partial charge in [-0.25, -0.2) is 4.79 Å². The van der Waals surface area contributed by atoms with Gasteiger partial charge < -0.3 is 14.8 Å². The maximum absolute atomic E-state index is 11.8. The molecule has 1 amide bonds. The highest BCUT2D eigenvalue weighted by atomic mass is 32.1. The van der Waals surface area contributed by atoms with Crippen LogP contribution in [0.3, 0.4) is 0 Å². The van der Waals surface area contributed by atoms with E-state index in [2.05, 4.69) is 19.2 Å². The molecule has 7 heteroatoms. The van der Waals surface area contributed by atoms with Crippen molar-refractivity contribution in [1.82, 2.24) is 0 Å². The van der Waals surface area contributed by atoms with Crippen LogP contribution in [0.25, 0.3) is 0 Å². The van der Waals surface area contributed by atoms with Crippen molar-refractivity contribution in [1.29, 1.82) is 5.26 Å². The van der Waals surface area contributed by atoms with Crippen molar-refractivity contribution >= 4 is 28.2 Å². The Balaban J connectivity index is 1.81. The van der Waals surface area contributed by atoms with Gasteiger partial charge in [-0.15, -0.1) is 11.3 Å². The number of benzene rings is 1. The number of thiophene rings is 1. The number of amides is 1. The Morgan fingerprint density at radius 1 is 1.27 bits per heavy atom. The fourth-order valence-electron chi connectivity index (χ4n) is 2.11. The van der Waals surface area contributed by atoms with Gasteiger partial charge in [-0.3, -0.25) is 4.79 Å². The van der Waals surface area contributed by atoms with E-state index in [4.69, 9.17) is 14.7 Å². The number of aryl methyl sites for hydroxylation is 1. The first-order valence-electron chi connectivity index (χ1n) is 8.07. The standard InChI is InChI=1S/C19H20N2O4S/c1-12(2)14-5-4-13(3)16(8-14)24-11-18(23)25-10-17(22)21-19-15(9-20)6-7-26-19/h4-8,12H,10-11H2,1-3H3,(H,21,22). The molecular formula is C19H20N2O4S. The number of rotatable bonds is 7. The van der Waals surface area contributed by atoms with E-state index in [1.807, 2.05) is 31.2 Å². The van der Waals surface area contributed by atoms with Gasteiger partial charge in [0.1, 0.15) is 16.8 Å². The molecule has 0 saturated heterocycles. The highest BCUT2D eigenvalue weighted by Gasteiger charge is 2.12. The number of hydrogen-bond acceptors (Lipinski definition) is 6. The lowest BCUT2D eigenvalue weighted by atomic mass is 10.0. The van der Waals surface area contributed by atoms with Gasteiger partial charge in [0.15, 0.2) is 13.2 Å². The summed E-state index contributed by atoms with van der Waals surface area (Å²) in [7, 11) is 0. The van der Waals surface area contributed by atoms with Crippen LogP contribution in [0, 0.1) is 18.3 Å². The molecule has 1 aromatic heterocycles. The van der Waals surface area contributed by atoms with Crippen molar-refractivity contribution in [2.24, 2.45) is 0 Å². The Kier molecular flexibility index (Phi) is 6.75. The molecule has 0 radical (unpaired) electrons. The van der Waals surface area contributed by atoms with Crippen molar-refractivity contribution in [3.8, 4) is 11.8 Å². The summed E-state index contributed by atoms with van der Waals surface area (Å²) < 4.78 is 10.4. The molecule has 0 aliphatic heterocycles. The smallest absolute Gasteiger partial charge is 0.344 e. The Labute approximate surface area is 156 Å². The van der Waals surface area contributed by atoms with Gasteiger partial charge >= 0.3 is 5.97 Å². The minimum Gasteiger partial charge on any atom is -0.482 e. The first-order chi connectivity index (χ1) is 12.4. The molecule has 1 aromatic carbocycles. The van der Waals surface area contributed by atoms with Crippen LogP contribution in [0.4, 0.5) is 5.00 Å². The number of hydrogen-bond donors (Lipinski definition) is 1. The van der Waals surface area contributed by atoms with Crippen LogP contribution >= 0.6 is 11.3 Å². The third-order valence-corrected chi connectivity index (χ3v) is 4.46. The molecule has 0 aliphatic rings. The molecule has 136 valence electrons. The summed E-state index contributed by atoms with van der Waals surface area (Å²) in [6, 6.07) is 9.44. The summed E-state index contributed by atoms with van der Waals surface area (Å²) in [5, 5.41) is 13.6. The SMILES string of the molecule is Cc1ccc(C(C)C)cc1OCC(=O)OCC(=O)Nc1sccc1C#N. The number of nitriles is 1. The molecule has 0 atom stereocenters. The Morgan fingerprint density at radius 3 is 2.73 bits per heavy atom. The molecule has 2 aromatic rings. The molecule has 0 aliphatic carbocycles. The van der Waals surface area contributed by atoms with E-state index in [1.54, 1.807) is 11.4 Å². The molecule has 0 spiro atoms. The predicted octanol–water partition coefficient (Wildman–Crippen LogP) is 3.61. The van der Waals surface area contributed by atoms with E-state index >= 15 is 0 Å². The van der Waals surface area contributed by atoms with E-state index in [0.29, 0.717) is 22.2 Å². The second-order valence-corrected chi connectivity index (χ2v) is 6.87. The molecule has 26 heavy (non-hydrogen) atoms. The third kappa shape index (κ3) is 5.33. The van der Waals surface area contributed by atoms with Crippen LogP contribution in [0.15, 0.2) is 29.6 Å². The summed E-state index contributed by atoms with van der Waals surface area (Å²) in [6.45, 7) is 5.33. The van der Waals surface area contributed by atoms with Crippen molar-refractivity contribution in [3.63, 3.8) is 0 Å². The zero-order valence-corrected chi connectivity index (χ0v) is 15.7. The molecule has 0 fully saturated rings. The largest absolute Gasteiger partial charge is 0.482 e. The Hall–Kier alpha value is -2.85. The number of nitrogens with zero attached hydrogens (tertiary/aromatic N) is 1. The number of anilines is 1. The Morgan fingerprint density at radius 2 is 2.04 bits per heavy atom. The monoisotopic (exact) mass is 372 g/mol. The minimum absolute atomic E-state index is 0.280. The number of ether oxygens (including phenoxy) is 2.